The Bertz CT molecular complexity index is 1010. The van der Waals surface area contributed by atoms with Crippen LogP contribution in [0.3, 0.4) is 0 Å². The molecule has 2 aromatic carbocycles. The Balaban J connectivity index is 1.91. The van der Waals surface area contributed by atoms with Crippen molar-refractivity contribution in [2.75, 3.05) is 13.7 Å². The van der Waals surface area contributed by atoms with Crippen LogP contribution in [0.5, 0.6) is 11.5 Å². The second-order valence-corrected chi connectivity index (χ2v) is 6.36. The quantitative estimate of drug-likeness (QED) is 0.540. The van der Waals surface area contributed by atoms with Crippen LogP contribution in [0.2, 0.25) is 0 Å². The molecule has 1 heterocycles. The number of aromatic carboxylic acids is 1. The number of carbonyl (C=O) groups is 1. The predicted molar refractivity (Wildman–Crippen MR) is 111 cm³/mol. The summed E-state index contributed by atoms with van der Waals surface area (Å²) in [4.78, 5) is 16.1. The normalized spacial score (nSPS) is 11.1. The van der Waals surface area contributed by atoms with Crippen molar-refractivity contribution < 1.29 is 19.4 Å². The van der Waals surface area contributed by atoms with E-state index in [9.17, 15) is 9.90 Å². The molecule has 0 atom stereocenters. The Morgan fingerprint density at radius 1 is 1.11 bits per heavy atom. The standard InChI is InChI=1S/C23H23NO4/c1-3-4-13-28-22-14-16(10-12-21(22)27-2)9-11-17-15-19(23(25)26)18-7-5-6-8-20(18)24-17/h5-12,14-15H,3-4,13H2,1-2H3,(H,25,26)/b11-9+. The van der Waals surface area contributed by atoms with Gasteiger partial charge in [0, 0.05) is 5.39 Å². The van der Waals surface area contributed by atoms with E-state index in [0.717, 1.165) is 18.4 Å². The second kappa shape index (κ2) is 9.04. The van der Waals surface area contributed by atoms with Gasteiger partial charge < -0.3 is 14.6 Å². The topological polar surface area (TPSA) is 68.7 Å². The zero-order chi connectivity index (χ0) is 19.9. The summed E-state index contributed by atoms with van der Waals surface area (Å²) in [6.45, 7) is 2.75. The molecule has 5 nitrogen and oxygen atoms in total. The molecule has 3 aromatic rings. The van der Waals surface area contributed by atoms with Crippen LogP contribution in [0.4, 0.5) is 0 Å². The molecule has 0 fully saturated rings. The second-order valence-electron chi connectivity index (χ2n) is 6.36. The fourth-order valence-corrected chi connectivity index (χ4v) is 2.88. The molecule has 0 aliphatic rings. The summed E-state index contributed by atoms with van der Waals surface area (Å²) in [6, 6.07) is 14.5. The lowest BCUT2D eigenvalue weighted by molar-refractivity contribution is 0.0699. The Morgan fingerprint density at radius 2 is 1.93 bits per heavy atom. The minimum absolute atomic E-state index is 0.239. The van der Waals surface area contributed by atoms with E-state index in [1.165, 1.54) is 0 Å². The molecule has 0 saturated heterocycles. The third kappa shape index (κ3) is 4.49. The molecule has 28 heavy (non-hydrogen) atoms. The first-order chi connectivity index (χ1) is 13.6. The molecule has 5 heteroatoms. The third-order valence-electron chi connectivity index (χ3n) is 4.36. The zero-order valence-electron chi connectivity index (χ0n) is 16.0. The number of methoxy groups -OCH3 is 1. The molecule has 0 amide bonds. The molecule has 0 spiro atoms. The minimum Gasteiger partial charge on any atom is -0.493 e. The van der Waals surface area contributed by atoms with Gasteiger partial charge in [0.1, 0.15) is 0 Å². The maximum atomic E-state index is 11.6. The number of para-hydroxylation sites is 1. The van der Waals surface area contributed by atoms with Crippen molar-refractivity contribution in [3.63, 3.8) is 0 Å². The Morgan fingerprint density at radius 3 is 2.68 bits per heavy atom. The lowest BCUT2D eigenvalue weighted by Crippen LogP contribution is -2.00. The number of rotatable bonds is 8. The van der Waals surface area contributed by atoms with Crippen LogP contribution < -0.4 is 9.47 Å². The number of hydrogen-bond acceptors (Lipinski definition) is 4. The van der Waals surface area contributed by atoms with E-state index in [2.05, 4.69) is 11.9 Å². The summed E-state index contributed by atoms with van der Waals surface area (Å²) < 4.78 is 11.2. The van der Waals surface area contributed by atoms with Crippen molar-refractivity contribution in [3.8, 4) is 11.5 Å². The Kier molecular flexibility index (Phi) is 6.27. The highest BCUT2D eigenvalue weighted by Gasteiger charge is 2.10. The van der Waals surface area contributed by atoms with Crippen LogP contribution in [0.25, 0.3) is 23.1 Å². The molecule has 0 unspecified atom stereocenters. The van der Waals surface area contributed by atoms with E-state index in [1.807, 2.05) is 42.5 Å². The van der Waals surface area contributed by atoms with Gasteiger partial charge in [-0.15, -0.1) is 0 Å². The SMILES string of the molecule is CCCCOc1cc(/C=C/c2cc(C(=O)O)c3ccccc3n2)ccc1OC. The van der Waals surface area contributed by atoms with Gasteiger partial charge >= 0.3 is 5.97 Å². The van der Waals surface area contributed by atoms with Crippen molar-refractivity contribution >= 4 is 29.0 Å². The fraction of sp³-hybridized carbons (Fsp3) is 0.217. The molecule has 0 bridgehead atoms. The number of ether oxygens (including phenoxy) is 2. The average molecular weight is 377 g/mol. The van der Waals surface area contributed by atoms with Crippen LogP contribution in [0, 0.1) is 0 Å². The number of carboxylic acid groups (broad SMARTS) is 1. The van der Waals surface area contributed by atoms with Gasteiger partial charge in [0.25, 0.3) is 0 Å². The van der Waals surface area contributed by atoms with Crippen molar-refractivity contribution in [2.45, 2.75) is 19.8 Å². The monoisotopic (exact) mass is 377 g/mol. The first kappa shape index (κ1) is 19.4. The summed E-state index contributed by atoms with van der Waals surface area (Å²) >= 11 is 0. The maximum absolute atomic E-state index is 11.6. The van der Waals surface area contributed by atoms with Crippen LogP contribution >= 0.6 is 0 Å². The van der Waals surface area contributed by atoms with E-state index in [-0.39, 0.29) is 5.56 Å². The van der Waals surface area contributed by atoms with Gasteiger partial charge in [0.2, 0.25) is 0 Å². The van der Waals surface area contributed by atoms with Crippen LogP contribution in [0.15, 0.2) is 48.5 Å². The van der Waals surface area contributed by atoms with Gasteiger partial charge in [-0.3, -0.25) is 0 Å². The number of pyridine rings is 1. The minimum atomic E-state index is -0.968. The van der Waals surface area contributed by atoms with Crippen molar-refractivity contribution in [3.05, 3.63) is 65.4 Å². The van der Waals surface area contributed by atoms with Crippen molar-refractivity contribution in [2.24, 2.45) is 0 Å². The lowest BCUT2D eigenvalue weighted by atomic mass is 10.1. The van der Waals surface area contributed by atoms with Gasteiger partial charge in [0.15, 0.2) is 11.5 Å². The number of unbranched alkanes of at least 4 members (excludes halogenated alkanes) is 1. The molecule has 1 aromatic heterocycles. The fourth-order valence-electron chi connectivity index (χ4n) is 2.88. The number of carboxylic acids is 1. The van der Waals surface area contributed by atoms with Gasteiger partial charge in [0.05, 0.1) is 30.5 Å². The molecule has 1 N–H and O–H groups in total. The number of hydrogen-bond donors (Lipinski definition) is 1. The summed E-state index contributed by atoms with van der Waals surface area (Å²) in [7, 11) is 1.62. The van der Waals surface area contributed by atoms with E-state index in [1.54, 1.807) is 25.3 Å². The van der Waals surface area contributed by atoms with Gasteiger partial charge in [-0.25, -0.2) is 9.78 Å². The van der Waals surface area contributed by atoms with Gasteiger partial charge in [-0.1, -0.05) is 43.7 Å². The molecule has 0 aliphatic carbocycles. The first-order valence-corrected chi connectivity index (χ1v) is 9.24. The smallest absolute Gasteiger partial charge is 0.336 e. The largest absolute Gasteiger partial charge is 0.493 e. The first-order valence-electron chi connectivity index (χ1n) is 9.24. The molecule has 0 saturated carbocycles. The van der Waals surface area contributed by atoms with E-state index in [4.69, 9.17) is 9.47 Å². The lowest BCUT2D eigenvalue weighted by Gasteiger charge is -2.11. The predicted octanol–water partition coefficient (Wildman–Crippen LogP) is 5.29. The number of fused-ring (bicyclic) bond motifs is 1. The number of benzene rings is 2. The van der Waals surface area contributed by atoms with Gasteiger partial charge in [-0.05, 0) is 42.3 Å². The highest BCUT2D eigenvalue weighted by molar-refractivity contribution is 6.03. The molecular weight excluding hydrogens is 354 g/mol. The van der Waals surface area contributed by atoms with E-state index >= 15 is 0 Å². The molecule has 0 radical (unpaired) electrons. The van der Waals surface area contributed by atoms with Crippen LogP contribution in [-0.4, -0.2) is 29.8 Å². The molecule has 3 rings (SSSR count). The third-order valence-corrected chi connectivity index (χ3v) is 4.36. The highest BCUT2D eigenvalue weighted by Crippen LogP contribution is 2.29. The van der Waals surface area contributed by atoms with E-state index in [0.29, 0.717) is 34.7 Å². The summed E-state index contributed by atoms with van der Waals surface area (Å²) in [5.41, 5.74) is 2.39. The summed E-state index contributed by atoms with van der Waals surface area (Å²) in [5.74, 6) is 0.408. The maximum Gasteiger partial charge on any atom is 0.336 e. The van der Waals surface area contributed by atoms with Crippen molar-refractivity contribution in [1.82, 2.24) is 4.98 Å². The summed E-state index contributed by atoms with van der Waals surface area (Å²) in [5, 5.41) is 10.1. The highest BCUT2D eigenvalue weighted by atomic mass is 16.5. The average Bonchev–Trinajstić information content (AvgIpc) is 2.71. The van der Waals surface area contributed by atoms with Crippen molar-refractivity contribution in [1.29, 1.82) is 0 Å². The van der Waals surface area contributed by atoms with Crippen LogP contribution in [-0.2, 0) is 0 Å². The molecular formula is C23H23NO4. The number of nitrogens with zero attached hydrogens (tertiary/aromatic N) is 1. The molecule has 0 aliphatic heterocycles. The Labute approximate surface area is 164 Å². The number of aromatic nitrogens is 1. The zero-order valence-corrected chi connectivity index (χ0v) is 16.0. The molecule has 144 valence electrons. The summed E-state index contributed by atoms with van der Waals surface area (Å²) in [6.07, 6.45) is 5.72. The van der Waals surface area contributed by atoms with E-state index < -0.39 is 5.97 Å². The van der Waals surface area contributed by atoms with Gasteiger partial charge in [-0.2, -0.15) is 0 Å². The Hall–Kier alpha value is -3.34. The van der Waals surface area contributed by atoms with Crippen LogP contribution in [0.1, 0.15) is 41.4 Å².